The van der Waals surface area contributed by atoms with Gasteiger partial charge in [-0.05, 0) is 24.8 Å². The first-order chi connectivity index (χ1) is 13.1. The molecule has 0 spiro atoms. The lowest BCUT2D eigenvalue weighted by Crippen LogP contribution is -2.51. The van der Waals surface area contributed by atoms with Crippen LogP contribution < -0.4 is 5.32 Å². The summed E-state index contributed by atoms with van der Waals surface area (Å²) in [5.41, 5.74) is 1.30. The fraction of sp³-hybridized carbons (Fsp3) is 0.600. The summed E-state index contributed by atoms with van der Waals surface area (Å²) >= 11 is 6.37. The predicted molar refractivity (Wildman–Crippen MR) is 105 cm³/mol. The summed E-state index contributed by atoms with van der Waals surface area (Å²) in [7, 11) is 0. The van der Waals surface area contributed by atoms with Gasteiger partial charge in [-0.15, -0.1) is 0 Å². The summed E-state index contributed by atoms with van der Waals surface area (Å²) in [4.78, 5) is 17.3. The zero-order valence-electron chi connectivity index (χ0n) is 15.4. The average Bonchev–Trinajstić information content (AvgIpc) is 2.98. The first-order valence-corrected chi connectivity index (χ1v) is 10.1. The first-order valence-electron chi connectivity index (χ1n) is 9.75. The van der Waals surface area contributed by atoms with Gasteiger partial charge in [0.05, 0.1) is 35.9 Å². The van der Waals surface area contributed by atoms with E-state index >= 15 is 0 Å². The molecule has 1 saturated heterocycles. The van der Waals surface area contributed by atoms with Gasteiger partial charge in [0.25, 0.3) is 0 Å². The second-order valence-corrected chi connectivity index (χ2v) is 8.27. The molecule has 27 heavy (non-hydrogen) atoms. The van der Waals surface area contributed by atoms with Gasteiger partial charge < -0.3 is 19.7 Å². The molecule has 0 unspecified atom stereocenters. The summed E-state index contributed by atoms with van der Waals surface area (Å²) in [5, 5.41) is 13.6. The fourth-order valence-corrected chi connectivity index (χ4v) is 4.87. The Balaban J connectivity index is 1.54. The van der Waals surface area contributed by atoms with Crippen molar-refractivity contribution in [2.45, 2.75) is 45.1 Å². The SMILES string of the molecule is O=C(CC1(C2CCCCC2)COC1)Nc1cn(CCO)c2nccc(Cl)c12. The van der Waals surface area contributed by atoms with Gasteiger partial charge in [-0.1, -0.05) is 30.9 Å². The van der Waals surface area contributed by atoms with Gasteiger partial charge in [0.2, 0.25) is 5.91 Å². The second kappa shape index (κ2) is 7.78. The molecule has 1 saturated carbocycles. The number of aliphatic hydroxyl groups is 1. The molecule has 0 bridgehead atoms. The van der Waals surface area contributed by atoms with Gasteiger partial charge in [0.1, 0.15) is 5.65 Å². The topological polar surface area (TPSA) is 76.4 Å². The van der Waals surface area contributed by atoms with Crippen molar-refractivity contribution >= 4 is 34.2 Å². The van der Waals surface area contributed by atoms with Gasteiger partial charge in [-0.3, -0.25) is 4.79 Å². The van der Waals surface area contributed by atoms with Crippen LogP contribution >= 0.6 is 11.6 Å². The molecule has 6 nitrogen and oxygen atoms in total. The van der Waals surface area contributed by atoms with E-state index in [2.05, 4.69) is 10.3 Å². The molecule has 2 aliphatic rings. The summed E-state index contributed by atoms with van der Waals surface area (Å²) in [6.07, 6.45) is 10.1. The minimum atomic E-state index is -0.0178. The van der Waals surface area contributed by atoms with E-state index in [-0.39, 0.29) is 17.9 Å². The van der Waals surface area contributed by atoms with Crippen molar-refractivity contribution in [3.8, 4) is 0 Å². The number of halogens is 1. The molecule has 2 aromatic heterocycles. The number of hydrogen-bond acceptors (Lipinski definition) is 4. The number of nitrogens with zero attached hydrogens (tertiary/aromatic N) is 2. The number of carbonyl (C=O) groups is 1. The van der Waals surface area contributed by atoms with Gasteiger partial charge in [-0.25, -0.2) is 4.98 Å². The lowest BCUT2D eigenvalue weighted by atomic mass is 9.65. The summed E-state index contributed by atoms with van der Waals surface area (Å²) in [6, 6.07) is 1.71. The van der Waals surface area contributed by atoms with Crippen LogP contribution in [0, 0.1) is 11.3 Å². The number of pyridine rings is 1. The minimum Gasteiger partial charge on any atom is -0.395 e. The number of aromatic nitrogens is 2. The van der Waals surface area contributed by atoms with E-state index in [0.717, 1.165) is 5.39 Å². The molecule has 4 rings (SSSR count). The number of carbonyl (C=O) groups excluding carboxylic acids is 1. The monoisotopic (exact) mass is 391 g/mol. The van der Waals surface area contributed by atoms with Crippen molar-refractivity contribution < 1.29 is 14.6 Å². The molecule has 146 valence electrons. The second-order valence-electron chi connectivity index (χ2n) is 7.87. The average molecular weight is 392 g/mol. The van der Waals surface area contributed by atoms with Crippen LogP contribution in [0.3, 0.4) is 0 Å². The van der Waals surface area contributed by atoms with Gasteiger partial charge in [-0.2, -0.15) is 0 Å². The Morgan fingerprint density at radius 2 is 2.15 bits per heavy atom. The maximum atomic E-state index is 12.9. The van der Waals surface area contributed by atoms with E-state index < -0.39 is 0 Å². The lowest BCUT2D eigenvalue weighted by molar-refractivity contribution is -0.163. The number of rotatable bonds is 6. The highest BCUT2D eigenvalue weighted by Gasteiger charge is 2.47. The van der Waals surface area contributed by atoms with E-state index in [1.165, 1.54) is 32.1 Å². The van der Waals surface area contributed by atoms with Gasteiger partial charge in [0.15, 0.2) is 0 Å². The molecule has 1 aliphatic heterocycles. The van der Waals surface area contributed by atoms with Crippen molar-refractivity contribution in [2.24, 2.45) is 11.3 Å². The van der Waals surface area contributed by atoms with Crippen molar-refractivity contribution in [3.05, 3.63) is 23.5 Å². The smallest absolute Gasteiger partial charge is 0.225 e. The number of anilines is 1. The number of fused-ring (bicyclic) bond motifs is 1. The predicted octanol–water partition coefficient (Wildman–Crippen LogP) is 3.61. The molecule has 2 aromatic rings. The Morgan fingerprint density at radius 1 is 1.37 bits per heavy atom. The molecule has 7 heteroatoms. The normalized spacial score (nSPS) is 19.8. The van der Waals surface area contributed by atoms with Crippen LogP contribution in [0.5, 0.6) is 0 Å². The molecule has 2 fully saturated rings. The third-order valence-corrected chi connectivity index (χ3v) is 6.40. The molecule has 1 amide bonds. The van der Waals surface area contributed by atoms with E-state index in [4.69, 9.17) is 16.3 Å². The zero-order chi connectivity index (χ0) is 18.9. The highest BCUT2D eigenvalue weighted by atomic mass is 35.5. The molecule has 0 atom stereocenters. The third kappa shape index (κ3) is 3.58. The highest BCUT2D eigenvalue weighted by molar-refractivity contribution is 6.36. The zero-order valence-corrected chi connectivity index (χ0v) is 16.2. The lowest BCUT2D eigenvalue weighted by Gasteiger charge is -2.48. The third-order valence-electron chi connectivity index (χ3n) is 6.08. The number of hydrogen-bond donors (Lipinski definition) is 2. The molecule has 0 radical (unpaired) electrons. The standard InChI is InChI=1S/C20H26ClN3O3/c21-15-6-7-22-19-18(15)16(11-24(19)8-9-25)23-17(26)10-20(12-27-13-20)14-4-2-1-3-5-14/h6-7,11,14,25H,1-5,8-10,12-13H2,(H,23,26). The number of amides is 1. The van der Waals surface area contributed by atoms with E-state index in [1.807, 2.05) is 10.8 Å². The molecule has 0 aromatic carbocycles. The maximum absolute atomic E-state index is 12.9. The minimum absolute atomic E-state index is 0.00646. The molecule has 2 N–H and O–H groups in total. The van der Waals surface area contributed by atoms with Crippen LogP contribution in [0.15, 0.2) is 18.5 Å². The Labute approximate surface area is 163 Å². The molecule has 3 heterocycles. The van der Waals surface area contributed by atoms with Crippen molar-refractivity contribution in [2.75, 3.05) is 25.1 Å². The van der Waals surface area contributed by atoms with Crippen LogP contribution in [-0.2, 0) is 16.1 Å². The maximum Gasteiger partial charge on any atom is 0.225 e. The van der Waals surface area contributed by atoms with E-state index in [9.17, 15) is 9.90 Å². The van der Waals surface area contributed by atoms with Crippen LogP contribution in [0.4, 0.5) is 5.69 Å². The van der Waals surface area contributed by atoms with Crippen LogP contribution in [-0.4, -0.2) is 40.4 Å². The summed E-state index contributed by atoms with van der Waals surface area (Å²) in [6.45, 7) is 1.76. The number of nitrogens with one attached hydrogen (secondary N) is 1. The fourth-order valence-electron chi connectivity index (χ4n) is 4.62. The van der Waals surface area contributed by atoms with E-state index in [0.29, 0.717) is 48.5 Å². The van der Waals surface area contributed by atoms with Gasteiger partial charge in [0, 0.05) is 30.8 Å². The van der Waals surface area contributed by atoms with Crippen LogP contribution in [0.1, 0.15) is 38.5 Å². The van der Waals surface area contributed by atoms with Crippen molar-refractivity contribution in [1.82, 2.24) is 9.55 Å². The van der Waals surface area contributed by atoms with Gasteiger partial charge >= 0.3 is 0 Å². The Hall–Kier alpha value is -1.63. The van der Waals surface area contributed by atoms with Crippen molar-refractivity contribution in [1.29, 1.82) is 0 Å². The van der Waals surface area contributed by atoms with E-state index in [1.54, 1.807) is 12.3 Å². The molecular formula is C20H26ClN3O3. The Morgan fingerprint density at radius 3 is 2.81 bits per heavy atom. The summed E-state index contributed by atoms with van der Waals surface area (Å²) < 4.78 is 7.34. The van der Waals surface area contributed by atoms with Crippen molar-refractivity contribution in [3.63, 3.8) is 0 Å². The Kier molecular flexibility index (Phi) is 5.39. The molecular weight excluding hydrogens is 366 g/mol. The first kappa shape index (κ1) is 18.7. The highest BCUT2D eigenvalue weighted by Crippen LogP contribution is 2.46. The number of aliphatic hydroxyl groups excluding tert-OH is 1. The Bertz CT molecular complexity index is 825. The van der Waals surface area contributed by atoms with Crippen LogP contribution in [0.2, 0.25) is 5.02 Å². The largest absolute Gasteiger partial charge is 0.395 e. The van der Waals surface area contributed by atoms with Crippen LogP contribution in [0.25, 0.3) is 11.0 Å². The summed E-state index contributed by atoms with van der Waals surface area (Å²) in [5.74, 6) is 0.568. The quantitative estimate of drug-likeness (QED) is 0.788. The molecule has 1 aliphatic carbocycles. The number of ether oxygens (including phenoxy) is 1.